The molecule has 7 nitrogen and oxygen atoms in total. The third-order valence-corrected chi connectivity index (χ3v) is 7.81. The van der Waals surface area contributed by atoms with E-state index in [0.29, 0.717) is 25.9 Å². The van der Waals surface area contributed by atoms with Crippen LogP contribution in [0.1, 0.15) is 35.6 Å². The summed E-state index contributed by atoms with van der Waals surface area (Å²) in [5.74, 6) is 0. The molecule has 0 unspecified atom stereocenters. The van der Waals surface area contributed by atoms with Gasteiger partial charge in [-0.3, -0.25) is 4.57 Å². The van der Waals surface area contributed by atoms with E-state index in [0.717, 1.165) is 35.4 Å². The number of H-pyrrole nitrogens is 1. The van der Waals surface area contributed by atoms with Crippen LogP contribution in [0.15, 0.2) is 114 Å². The van der Waals surface area contributed by atoms with Gasteiger partial charge in [0.15, 0.2) is 0 Å². The van der Waals surface area contributed by atoms with Crippen molar-refractivity contribution in [3.05, 3.63) is 136 Å². The molecule has 1 N–H and O–H groups in total. The van der Waals surface area contributed by atoms with E-state index in [9.17, 15) is 9.59 Å². The van der Waals surface area contributed by atoms with E-state index < -0.39 is 0 Å². The van der Waals surface area contributed by atoms with Crippen molar-refractivity contribution >= 4 is 22.8 Å². The SMILES string of the molecule is O=C(OCc1ccc(N(Cc2ccccc2)Cc2ccccc2)cc1)N1CCC(n2c(=O)[nH]c3ccccc32)CC1. The number of fused-ring (bicyclic) bond motifs is 1. The summed E-state index contributed by atoms with van der Waals surface area (Å²) < 4.78 is 7.51. The standard InChI is InChI=1S/C34H34N4O3/c39-33-35-31-13-7-8-14-32(31)38(33)30-19-21-36(22-20-30)34(40)41-25-28-15-17-29(18-16-28)37(23-26-9-3-1-4-10-26)24-27-11-5-2-6-12-27/h1-18,30H,19-25H2,(H,35,39). The quantitative estimate of drug-likeness (QED) is 0.241. The van der Waals surface area contributed by atoms with Crippen LogP contribution < -0.4 is 10.6 Å². The smallest absolute Gasteiger partial charge is 0.410 e. The summed E-state index contributed by atoms with van der Waals surface area (Å²) in [4.78, 5) is 32.4. The number of carbonyl (C=O) groups is 1. The molecule has 1 aliphatic heterocycles. The molecule has 0 aliphatic carbocycles. The summed E-state index contributed by atoms with van der Waals surface area (Å²) in [6.45, 7) is 2.93. The van der Waals surface area contributed by atoms with Gasteiger partial charge in [0, 0.05) is 37.9 Å². The van der Waals surface area contributed by atoms with Gasteiger partial charge in [0.25, 0.3) is 0 Å². The number of rotatable bonds is 8. The minimum atomic E-state index is -0.311. The van der Waals surface area contributed by atoms with Crippen LogP contribution in [-0.2, 0) is 24.4 Å². The zero-order valence-corrected chi connectivity index (χ0v) is 23.0. The van der Waals surface area contributed by atoms with E-state index >= 15 is 0 Å². The molecule has 0 saturated carbocycles. The second-order valence-corrected chi connectivity index (χ2v) is 10.6. The molecule has 1 aromatic heterocycles. The maximum Gasteiger partial charge on any atom is 0.410 e. The lowest BCUT2D eigenvalue weighted by Crippen LogP contribution is -2.40. The molecule has 0 bridgehead atoms. The molecular weight excluding hydrogens is 512 g/mol. The lowest BCUT2D eigenvalue weighted by atomic mass is 10.0. The minimum absolute atomic E-state index is 0.0602. The van der Waals surface area contributed by atoms with Crippen molar-refractivity contribution in [2.24, 2.45) is 0 Å². The van der Waals surface area contributed by atoms with E-state index in [-0.39, 0.29) is 24.4 Å². The first-order chi connectivity index (χ1) is 20.1. The highest BCUT2D eigenvalue weighted by molar-refractivity contribution is 5.75. The molecule has 1 fully saturated rings. The number of imidazole rings is 1. The van der Waals surface area contributed by atoms with Crippen molar-refractivity contribution in [1.82, 2.24) is 14.5 Å². The number of aromatic amines is 1. The van der Waals surface area contributed by atoms with E-state index in [2.05, 4.69) is 70.5 Å². The van der Waals surface area contributed by atoms with Gasteiger partial charge in [-0.25, -0.2) is 9.59 Å². The lowest BCUT2D eigenvalue weighted by molar-refractivity contribution is 0.0832. The normalized spacial score (nSPS) is 13.8. The highest BCUT2D eigenvalue weighted by Gasteiger charge is 2.26. The van der Waals surface area contributed by atoms with Gasteiger partial charge < -0.3 is 19.5 Å². The predicted octanol–water partition coefficient (Wildman–Crippen LogP) is 6.51. The van der Waals surface area contributed by atoms with E-state index in [1.165, 1.54) is 11.1 Å². The van der Waals surface area contributed by atoms with Gasteiger partial charge >= 0.3 is 11.8 Å². The predicted molar refractivity (Wildman–Crippen MR) is 162 cm³/mol. The number of amides is 1. The number of nitrogens with zero attached hydrogens (tertiary/aromatic N) is 3. The Bertz CT molecular complexity index is 1600. The van der Waals surface area contributed by atoms with Crippen LogP contribution in [0.2, 0.25) is 0 Å². The third kappa shape index (κ3) is 6.19. The number of ether oxygens (including phenoxy) is 1. The highest BCUT2D eigenvalue weighted by Crippen LogP contribution is 2.26. The number of hydrogen-bond donors (Lipinski definition) is 1. The number of hydrogen-bond acceptors (Lipinski definition) is 4. The Morgan fingerprint density at radius 2 is 1.34 bits per heavy atom. The van der Waals surface area contributed by atoms with Crippen molar-refractivity contribution in [3.63, 3.8) is 0 Å². The van der Waals surface area contributed by atoms with Gasteiger partial charge in [-0.05, 0) is 53.8 Å². The number of likely N-dealkylation sites (tertiary alicyclic amines) is 1. The fourth-order valence-corrected chi connectivity index (χ4v) is 5.63. The van der Waals surface area contributed by atoms with E-state index in [4.69, 9.17) is 4.74 Å². The molecule has 41 heavy (non-hydrogen) atoms. The molecule has 0 atom stereocenters. The van der Waals surface area contributed by atoms with Gasteiger partial charge in [-0.15, -0.1) is 0 Å². The third-order valence-electron chi connectivity index (χ3n) is 7.81. The maximum absolute atomic E-state index is 12.8. The Balaban J connectivity index is 1.05. The second-order valence-electron chi connectivity index (χ2n) is 10.6. The van der Waals surface area contributed by atoms with Crippen LogP contribution >= 0.6 is 0 Å². The first-order valence-electron chi connectivity index (χ1n) is 14.2. The summed E-state index contributed by atoms with van der Waals surface area (Å²) in [5.41, 5.74) is 6.21. The number of carbonyl (C=O) groups excluding carboxylic acids is 1. The summed E-state index contributed by atoms with van der Waals surface area (Å²) >= 11 is 0. The average molecular weight is 547 g/mol. The first kappa shape index (κ1) is 26.4. The van der Waals surface area contributed by atoms with Crippen molar-refractivity contribution in [2.45, 2.75) is 38.6 Å². The lowest BCUT2D eigenvalue weighted by Gasteiger charge is -2.31. The molecule has 208 valence electrons. The first-order valence-corrected chi connectivity index (χ1v) is 14.2. The average Bonchev–Trinajstić information content (AvgIpc) is 3.36. The molecule has 6 rings (SSSR count). The van der Waals surface area contributed by atoms with Crippen molar-refractivity contribution in [3.8, 4) is 0 Å². The van der Waals surface area contributed by atoms with Gasteiger partial charge in [0.2, 0.25) is 0 Å². The summed E-state index contributed by atoms with van der Waals surface area (Å²) in [6.07, 6.45) is 1.11. The van der Waals surface area contributed by atoms with Crippen molar-refractivity contribution in [1.29, 1.82) is 0 Å². The number of para-hydroxylation sites is 2. The number of aromatic nitrogens is 2. The Hall–Kier alpha value is -4.78. The van der Waals surface area contributed by atoms with Crippen molar-refractivity contribution in [2.75, 3.05) is 18.0 Å². The van der Waals surface area contributed by atoms with Gasteiger partial charge in [0.05, 0.1) is 11.0 Å². The van der Waals surface area contributed by atoms with Crippen LogP contribution in [0.3, 0.4) is 0 Å². The second kappa shape index (κ2) is 12.2. The molecule has 1 amide bonds. The fraction of sp³-hybridized carbons (Fsp3) is 0.235. The molecule has 0 radical (unpaired) electrons. The van der Waals surface area contributed by atoms with Gasteiger partial charge in [-0.2, -0.15) is 0 Å². The van der Waals surface area contributed by atoms with Gasteiger partial charge in [0.1, 0.15) is 6.61 Å². The fourth-order valence-electron chi connectivity index (χ4n) is 5.63. The maximum atomic E-state index is 12.8. The number of nitrogens with one attached hydrogen (secondary N) is 1. The van der Waals surface area contributed by atoms with Crippen molar-refractivity contribution < 1.29 is 9.53 Å². The van der Waals surface area contributed by atoms with Crippen LogP contribution in [0.25, 0.3) is 11.0 Å². The Morgan fingerprint density at radius 3 is 1.98 bits per heavy atom. The molecule has 2 heterocycles. The molecule has 5 aromatic rings. The zero-order chi connectivity index (χ0) is 28.0. The zero-order valence-electron chi connectivity index (χ0n) is 23.0. The van der Waals surface area contributed by atoms with Crippen LogP contribution in [-0.4, -0.2) is 33.6 Å². The summed E-state index contributed by atoms with van der Waals surface area (Å²) in [5, 5.41) is 0. The largest absolute Gasteiger partial charge is 0.445 e. The summed E-state index contributed by atoms with van der Waals surface area (Å²) in [7, 11) is 0. The number of anilines is 1. The minimum Gasteiger partial charge on any atom is -0.445 e. The Labute approximate surface area is 239 Å². The molecule has 0 spiro atoms. The highest BCUT2D eigenvalue weighted by atomic mass is 16.6. The van der Waals surface area contributed by atoms with E-state index in [1.54, 1.807) is 4.90 Å². The molecule has 4 aromatic carbocycles. The van der Waals surface area contributed by atoms with Crippen LogP contribution in [0.4, 0.5) is 10.5 Å². The number of piperidine rings is 1. The number of benzene rings is 4. The monoisotopic (exact) mass is 546 g/mol. The molecule has 1 aliphatic rings. The Morgan fingerprint density at radius 1 is 0.756 bits per heavy atom. The summed E-state index contributed by atoms with van der Waals surface area (Å²) in [6, 6.07) is 37.0. The van der Waals surface area contributed by atoms with E-state index in [1.807, 2.05) is 53.1 Å². The van der Waals surface area contributed by atoms with Crippen LogP contribution in [0.5, 0.6) is 0 Å². The molecule has 1 saturated heterocycles. The molecule has 7 heteroatoms. The van der Waals surface area contributed by atoms with Gasteiger partial charge in [-0.1, -0.05) is 84.9 Å². The topological polar surface area (TPSA) is 70.6 Å². The molecular formula is C34H34N4O3. The Kier molecular flexibility index (Phi) is 7.85. The van der Waals surface area contributed by atoms with Crippen LogP contribution in [0, 0.1) is 0 Å².